The van der Waals surface area contributed by atoms with Gasteiger partial charge in [-0.05, 0) is 50.3 Å². The monoisotopic (exact) mass is 283 g/mol. The van der Waals surface area contributed by atoms with Crippen LogP contribution in [0.4, 0.5) is 5.82 Å². The van der Waals surface area contributed by atoms with Gasteiger partial charge < -0.3 is 10.6 Å². The fraction of sp³-hybridized carbons (Fsp3) is 0.500. The summed E-state index contributed by atoms with van der Waals surface area (Å²) in [5.41, 5.74) is 8.59. The normalized spacial score (nSPS) is 16.1. The molecule has 0 bridgehead atoms. The molecule has 3 nitrogen and oxygen atoms in total. The Labute approximate surface area is 127 Å². The summed E-state index contributed by atoms with van der Waals surface area (Å²) in [4.78, 5) is 7.43. The molecule has 0 saturated heterocycles. The molecule has 1 aliphatic rings. The molecule has 1 aliphatic carbocycles. The van der Waals surface area contributed by atoms with E-state index in [1.54, 1.807) is 0 Å². The average molecular weight is 283 g/mol. The van der Waals surface area contributed by atoms with Crippen LogP contribution in [0.15, 0.2) is 30.3 Å². The van der Waals surface area contributed by atoms with Gasteiger partial charge in [-0.2, -0.15) is 0 Å². The summed E-state index contributed by atoms with van der Waals surface area (Å²) in [6.45, 7) is 5.39. The zero-order valence-electron chi connectivity index (χ0n) is 13.0. The fourth-order valence-corrected chi connectivity index (χ4v) is 2.94. The van der Waals surface area contributed by atoms with E-state index >= 15 is 0 Å². The van der Waals surface area contributed by atoms with Crippen LogP contribution in [-0.4, -0.2) is 23.6 Å². The molecule has 1 aromatic heterocycles. The number of hydrogen-bond acceptors (Lipinski definition) is 3. The third kappa shape index (κ3) is 3.03. The maximum absolute atomic E-state index is 6.20. The molecule has 2 N–H and O–H groups in total. The van der Waals surface area contributed by atoms with Crippen LogP contribution >= 0.6 is 0 Å². The van der Waals surface area contributed by atoms with Gasteiger partial charge in [-0.25, -0.2) is 4.98 Å². The van der Waals surface area contributed by atoms with E-state index in [0.717, 1.165) is 30.7 Å². The molecule has 2 aromatic rings. The van der Waals surface area contributed by atoms with Crippen molar-refractivity contribution in [3.05, 3.63) is 35.9 Å². The number of rotatable bonds is 6. The molecule has 3 rings (SSSR count). The summed E-state index contributed by atoms with van der Waals surface area (Å²) in [5, 5.41) is 1.21. The molecule has 112 valence electrons. The Kier molecular flexibility index (Phi) is 4.11. The molecule has 21 heavy (non-hydrogen) atoms. The van der Waals surface area contributed by atoms with E-state index in [1.165, 1.54) is 23.8 Å². The average Bonchev–Trinajstić information content (AvgIpc) is 3.33. The van der Waals surface area contributed by atoms with Crippen molar-refractivity contribution >= 4 is 16.7 Å². The molecular weight excluding hydrogens is 258 g/mol. The van der Waals surface area contributed by atoms with Crippen LogP contribution in [0.25, 0.3) is 10.9 Å². The summed E-state index contributed by atoms with van der Waals surface area (Å²) >= 11 is 0. The van der Waals surface area contributed by atoms with Crippen molar-refractivity contribution < 1.29 is 0 Å². The van der Waals surface area contributed by atoms with Crippen molar-refractivity contribution in [2.75, 3.05) is 11.4 Å². The highest BCUT2D eigenvalue weighted by Gasteiger charge is 2.30. The third-order valence-electron chi connectivity index (χ3n) is 4.39. The topological polar surface area (TPSA) is 42.1 Å². The molecule has 1 saturated carbocycles. The highest BCUT2D eigenvalue weighted by molar-refractivity contribution is 5.82. The second kappa shape index (κ2) is 6.02. The van der Waals surface area contributed by atoms with Crippen LogP contribution in [0.5, 0.6) is 0 Å². The van der Waals surface area contributed by atoms with Crippen LogP contribution in [0.2, 0.25) is 0 Å². The Hall–Kier alpha value is -1.61. The van der Waals surface area contributed by atoms with E-state index < -0.39 is 0 Å². The Morgan fingerprint density at radius 3 is 2.71 bits per heavy atom. The molecule has 0 spiro atoms. The molecule has 0 aliphatic heterocycles. The SMILES string of the molecule is CCC(N)Cc1cc2ccccc2nc1N(CC)C1CC1. The second-order valence-electron chi connectivity index (χ2n) is 6.05. The minimum absolute atomic E-state index is 0.213. The number of benzene rings is 1. The number of anilines is 1. The van der Waals surface area contributed by atoms with Gasteiger partial charge in [-0.1, -0.05) is 25.1 Å². The standard InChI is InChI=1S/C18H25N3/c1-3-15(19)12-14-11-13-7-5-6-8-17(13)20-18(14)21(4-2)16-9-10-16/h5-8,11,15-16H,3-4,9-10,12,19H2,1-2H3. The van der Waals surface area contributed by atoms with Crippen LogP contribution < -0.4 is 10.6 Å². The minimum Gasteiger partial charge on any atom is -0.354 e. The Balaban J connectivity index is 2.06. The molecule has 1 aromatic carbocycles. The maximum Gasteiger partial charge on any atom is 0.132 e. The minimum atomic E-state index is 0.213. The van der Waals surface area contributed by atoms with Gasteiger partial charge in [0.2, 0.25) is 0 Å². The smallest absolute Gasteiger partial charge is 0.132 e. The van der Waals surface area contributed by atoms with Gasteiger partial charge in [-0.15, -0.1) is 0 Å². The molecule has 1 atom stereocenters. The summed E-state index contributed by atoms with van der Waals surface area (Å²) in [6, 6.07) is 11.6. The lowest BCUT2D eigenvalue weighted by Crippen LogP contribution is -2.29. The van der Waals surface area contributed by atoms with E-state index in [1.807, 2.05) is 0 Å². The van der Waals surface area contributed by atoms with Gasteiger partial charge >= 0.3 is 0 Å². The van der Waals surface area contributed by atoms with E-state index in [0.29, 0.717) is 6.04 Å². The van der Waals surface area contributed by atoms with Crippen molar-refractivity contribution in [3.8, 4) is 0 Å². The van der Waals surface area contributed by atoms with Crippen molar-refractivity contribution in [2.45, 2.75) is 51.6 Å². The van der Waals surface area contributed by atoms with Crippen molar-refractivity contribution in [1.29, 1.82) is 0 Å². The first-order valence-electron chi connectivity index (χ1n) is 8.13. The van der Waals surface area contributed by atoms with Gasteiger partial charge in [-0.3, -0.25) is 0 Å². The number of nitrogens with two attached hydrogens (primary N) is 1. The van der Waals surface area contributed by atoms with Gasteiger partial charge in [0.25, 0.3) is 0 Å². The number of para-hydroxylation sites is 1. The van der Waals surface area contributed by atoms with E-state index in [9.17, 15) is 0 Å². The van der Waals surface area contributed by atoms with Crippen LogP contribution in [-0.2, 0) is 6.42 Å². The summed E-state index contributed by atoms with van der Waals surface area (Å²) < 4.78 is 0. The summed E-state index contributed by atoms with van der Waals surface area (Å²) in [6.07, 6.45) is 4.50. The molecule has 0 radical (unpaired) electrons. The predicted molar refractivity (Wildman–Crippen MR) is 89.8 cm³/mol. The highest BCUT2D eigenvalue weighted by atomic mass is 15.2. The van der Waals surface area contributed by atoms with Crippen molar-refractivity contribution in [1.82, 2.24) is 4.98 Å². The zero-order valence-corrected chi connectivity index (χ0v) is 13.0. The first kappa shape index (κ1) is 14.3. The first-order chi connectivity index (χ1) is 10.2. The molecule has 0 amide bonds. The second-order valence-corrected chi connectivity index (χ2v) is 6.05. The van der Waals surface area contributed by atoms with Gasteiger partial charge in [0.15, 0.2) is 0 Å². The lowest BCUT2D eigenvalue weighted by Gasteiger charge is -2.25. The molecule has 1 heterocycles. The Bertz CT molecular complexity index is 619. The van der Waals surface area contributed by atoms with Crippen LogP contribution in [0.3, 0.4) is 0 Å². The summed E-state index contributed by atoms with van der Waals surface area (Å²) in [5.74, 6) is 1.16. The van der Waals surface area contributed by atoms with Gasteiger partial charge in [0, 0.05) is 24.0 Å². The van der Waals surface area contributed by atoms with Gasteiger partial charge in [0.05, 0.1) is 5.52 Å². The number of hydrogen-bond donors (Lipinski definition) is 1. The van der Waals surface area contributed by atoms with Gasteiger partial charge in [0.1, 0.15) is 5.82 Å². The predicted octanol–water partition coefficient (Wildman–Crippen LogP) is 3.50. The lowest BCUT2D eigenvalue weighted by atomic mass is 10.0. The number of aromatic nitrogens is 1. The fourth-order valence-electron chi connectivity index (χ4n) is 2.94. The lowest BCUT2D eigenvalue weighted by molar-refractivity contribution is 0.642. The van der Waals surface area contributed by atoms with E-state index in [2.05, 4.69) is 49.1 Å². The number of nitrogens with zero attached hydrogens (tertiary/aromatic N) is 2. The van der Waals surface area contributed by atoms with E-state index in [-0.39, 0.29) is 6.04 Å². The van der Waals surface area contributed by atoms with Crippen LogP contribution in [0.1, 0.15) is 38.7 Å². The van der Waals surface area contributed by atoms with E-state index in [4.69, 9.17) is 10.7 Å². The first-order valence-corrected chi connectivity index (χ1v) is 8.13. The largest absolute Gasteiger partial charge is 0.354 e. The van der Waals surface area contributed by atoms with Crippen molar-refractivity contribution in [2.24, 2.45) is 5.73 Å². The molecule has 3 heteroatoms. The van der Waals surface area contributed by atoms with Crippen molar-refractivity contribution in [3.63, 3.8) is 0 Å². The molecule has 1 fully saturated rings. The highest BCUT2D eigenvalue weighted by Crippen LogP contribution is 2.34. The van der Waals surface area contributed by atoms with Crippen LogP contribution in [0, 0.1) is 0 Å². The maximum atomic E-state index is 6.20. The summed E-state index contributed by atoms with van der Waals surface area (Å²) in [7, 11) is 0. The zero-order chi connectivity index (χ0) is 14.8. The number of fused-ring (bicyclic) bond motifs is 1. The Morgan fingerprint density at radius 2 is 2.05 bits per heavy atom. The quantitative estimate of drug-likeness (QED) is 0.882. The number of pyridine rings is 1. The Morgan fingerprint density at radius 1 is 1.29 bits per heavy atom. The molecule has 1 unspecified atom stereocenters. The third-order valence-corrected chi connectivity index (χ3v) is 4.39. The molecular formula is C18H25N3.